The Bertz CT molecular complexity index is 141. The van der Waals surface area contributed by atoms with Crippen LogP contribution in [-0.2, 0) is 4.79 Å². The maximum Gasteiger partial charge on any atom is 0.146 e. The smallest absolute Gasteiger partial charge is 0.146 e. The van der Waals surface area contributed by atoms with Crippen LogP contribution in [-0.4, -0.2) is 41.8 Å². The van der Waals surface area contributed by atoms with Crippen molar-refractivity contribution in [3.8, 4) is 0 Å². The molecule has 0 aromatic heterocycles. The van der Waals surface area contributed by atoms with E-state index in [1.54, 1.807) is 0 Å². The van der Waals surface area contributed by atoms with Crippen molar-refractivity contribution < 1.29 is 4.79 Å². The molecule has 1 aliphatic rings. The van der Waals surface area contributed by atoms with E-state index < -0.39 is 0 Å². The molecule has 0 amide bonds. The molecule has 1 saturated heterocycles. The topological polar surface area (TPSA) is 20.3 Å². The van der Waals surface area contributed by atoms with E-state index in [9.17, 15) is 4.79 Å². The first-order valence-electron chi connectivity index (χ1n) is 4.64. The average molecular weight is 187 g/mol. The van der Waals surface area contributed by atoms with Crippen LogP contribution in [0, 0.1) is 0 Å². The second-order valence-electron chi connectivity index (χ2n) is 3.13. The minimum atomic E-state index is 0.377. The molecule has 0 unspecified atom stereocenters. The van der Waals surface area contributed by atoms with E-state index in [0.717, 1.165) is 13.1 Å². The van der Waals surface area contributed by atoms with Gasteiger partial charge in [-0.15, -0.1) is 0 Å². The molecule has 0 aliphatic carbocycles. The van der Waals surface area contributed by atoms with E-state index in [-0.39, 0.29) is 0 Å². The van der Waals surface area contributed by atoms with Gasteiger partial charge >= 0.3 is 0 Å². The molecule has 0 aromatic carbocycles. The maximum absolute atomic E-state index is 11.1. The lowest BCUT2D eigenvalue weighted by molar-refractivity contribution is -0.119. The summed E-state index contributed by atoms with van der Waals surface area (Å²) in [6, 6.07) is 0. The van der Waals surface area contributed by atoms with Crippen molar-refractivity contribution in [2.24, 2.45) is 0 Å². The molecule has 12 heavy (non-hydrogen) atoms. The zero-order valence-corrected chi connectivity index (χ0v) is 8.53. The highest BCUT2D eigenvalue weighted by molar-refractivity contribution is 7.99. The third-order valence-electron chi connectivity index (χ3n) is 2.11. The van der Waals surface area contributed by atoms with Gasteiger partial charge in [-0.05, 0) is 18.7 Å². The Balaban J connectivity index is 2.24. The van der Waals surface area contributed by atoms with Gasteiger partial charge in [0.25, 0.3) is 0 Å². The zero-order chi connectivity index (χ0) is 8.81. The Morgan fingerprint density at radius 1 is 1.42 bits per heavy atom. The number of rotatable bonds is 3. The van der Waals surface area contributed by atoms with Gasteiger partial charge < -0.3 is 0 Å². The SMILES string of the molecule is CCC(=O)CN1CCCSCC1. The van der Waals surface area contributed by atoms with Crippen molar-refractivity contribution in [1.82, 2.24) is 4.90 Å². The zero-order valence-electron chi connectivity index (χ0n) is 7.71. The highest BCUT2D eigenvalue weighted by Crippen LogP contribution is 2.09. The molecule has 2 nitrogen and oxygen atoms in total. The van der Waals surface area contributed by atoms with Gasteiger partial charge in [-0.1, -0.05) is 6.92 Å². The average Bonchev–Trinajstić information content (AvgIpc) is 2.33. The fraction of sp³-hybridized carbons (Fsp3) is 0.889. The Hall–Kier alpha value is -0.0200. The van der Waals surface area contributed by atoms with E-state index in [1.165, 1.54) is 17.9 Å². The van der Waals surface area contributed by atoms with Crippen molar-refractivity contribution in [2.45, 2.75) is 19.8 Å². The van der Waals surface area contributed by atoms with Gasteiger partial charge in [0.05, 0.1) is 6.54 Å². The van der Waals surface area contributed by atoms with Gasteiger partial charge in [-0.3, -0.25) is 9.69 Å². The molecule has 0 radical (unpaired) electrons. The quantitative estimate of drug-likeness (QED) is 0.666. The van der Waals surface area contributed by atoms with Crippen LogP contribution in [0.4, 0.5) is 0 Å². The summed E-state index contributed by atoms with van der Waals surface area (Å²) in [5.74, 6) is 2.83. The van der Waals surface area contributed by atoms with Crippen LogP contribution in [0.1, 0.15) is 19.8 Å². The molecule has 1 fully saturated rings. The Kier molecular flexibility index (Phi) is 4.69. The monoisotopic (exact) mass is 187 g/mol. The fourth-order valence-corrected chi connectivity index (χ4v) is 2.24. The summed E-state index contributed by atoms with van der Waals surface area (Å²) in [4.78, 5) is 13.4. The van der Waals surface area contributed by atoms with Crippen molar-refractivity contribution in [3.63, 3.8) is 0 Å². The molecule has 70 valence electrons. The summed E-state index contributed by atoms with van der Waals surface area (Å²) in [7, 11) is 0. The Morgan fingerprint density at radius 3 is 3.00 bits per heavy atom. The molecule has 1 rings (SSSR count). The number of hydrogen-bond donors (Lipinski definition) is 0. The lowest BCUT2D eigenvalue weighted by Crippen LogP contribution is -2.31. The summed E-state index contributed by atoms with van der Waals surface area (Å²) in [5.41, 5.74) is 0. The van der Waals surface area contributed by atoms with Crippen LogP contribution in [0.5, 0.6) is 0 Å². The largest absolute Gasteiger partial charge is 0.298 e. The second-order valence-corrected chi connectivity index (χ2v) is 4.36. The van der Waals surface area contributed by atoms with Gasteiger partial charge in [0.15, 0.2) is 0 Å². The molecular weight excluding hydrogens is 170 g/mol. The van der Waals surface area contributed by atoms with Crippen LogP contribution < -0.4 is 0 Å². The van der Waals surface area contributed by atoms with Crippen LogP contribution in [0.2, 0.25) is 0 Å². The van der Waals surface area contributed by atoms with Gasteiger partial charge in [0.2, 0.25) is 0 Å². The summed E-state index contributed by atoms with van der Waals surface area (Å²) in [6.45, 7) is 4.82. The minimum Gasteiger partial charge on any atom is -0.298 e. The third-order valence-corrected chi connectivity index (χ3v) is 3.16. The van der Waals surface area contributed by atoms with E-state index in [2.05, 4.69) is 4.90 Å². The molecule has 1 aliphatic heterocycles. The van der Waals surface area contributed by atoms with Crippen LogP contribution in [0.25, 0.3) is 0 Å². The number of hydrogen-bond acceptors (Lipinski definition) is 3. The lowest BCUT2D eigenvalue weighted by atomic mass is 10.3. The summed E-state index contributed by atoms with van der Waals surface area (Å²) in [6.07, 6.45) is 1.92. The molecule has 3 heteroatoms. The van der Waals surface area contributed by atoms with Crippen LogP contribution in [0.3, 0.4) is 0 Å². The molecule has 0 bridgehead atoms. The van der Waals surface area contributed by atoms with Crippen molar-refractivity contribution in [3.05, 3.63) is 0 Å². The first-order chi connectivity index (χ1) is 5.83. The normalized spacial score (nSPS) is 20.4. The number of thioether (sulfide) groups is 1. The fourth-order valence-electron chi connectivity index (χ4n) is 1.32. The number of Topliss-reactive ketones (excluding diaryl/α,β-unsaturated/α-hetero) is 1. The summed E-state index contributed by atoms with van der Waals surface area (Å²) in [5, 5.41) is 0. The molecule has 0 spiro atoms. The summed E-state index contributed by atoms with van der Waals surface area (Å²) < 4.78 is 0. The van der Waals surface area contributed by atoms with E-state index in [1.807, 2.05) is 18.7 Å². The number of carbonyl (C=O) groups is 1. The molecule has 1 heterocycles. The third kappa shape index (κ3) is 3.59. The molecule has 0 N–H and O–H groups in total. The Morgan fingerprint density at radius 2 is 2.25 bits per heavy atom. The first-order valence-corrected chi connectivity index (χ1v) is 5.80. The minimum absolute atomic E-state index is 0.377. The standard InChI is InChI=1S/C9H17NOS/c1-2-9(11)8-10-4-3-6-12-7-5-10/h2-8H2,1H3. The Labute approximate surface area is 78.7 Å². The van der Waals surface area contributed by atoms with Crippen LogP contribution in [0.15, 0.2) is 0 Å². The van der Waals surface area contributed by atoms with Gasteiger partial charge in [-0.2, -0.15) is 11.8 Å². The van der Waals surface area contributed by atoms with Gasteiger partial charge in [0, 0.05) is 18.7 Å². The van der Waals surface area contributed by atoms with Crippen molar-refractivity contribution >= 4 is 17.5 Å². The highest BCUT2D eigenvalue weighted by Gasteiger charge is 2.11. The molecule has 0 aromatic rings. The second kappa shape index (κ2) is 5.60. The van der Waals surface area contributed by atoms with E-state index in [4.69, 9.17) is 0 Å². The van der Waals surface area contributed by atoms with E-state index in [0.29, 0.717) is 18.7 Å². The number of ketones is 1. The van der Waals surface area contributed by atoms with Gasteiger partial charge in [0.1, 0.15) is 5.78 Å². The molecular formula is C9H17NOS. The van der Waals surface area contributed by atoms with Crippen molar-refractivity contribution in [2.75, 3.05) is 31.1 Å². The lowest BCUT2D eigenvalue weighted by Gasteiger charge is -2.17. The number of carbonyl (C=O) groups excluding carboxylic acids is 1. The molecule has 0 atom stereocenters. The predicted octanol–water partition coefficient (Wildman–Crippen LogP) is 1.40. The maximum atomic E-state index is 11.1. The van der Waals surface area contributed by atoms with E-state index >= 15 is 0 Å². The van der Waals surface area contributed by atoms with Gasteiger partial charge in [-0.25, -0.2) is 0 Å². The highest BCUT2D eigenvalue weighted by atomic mass is 32.2. The van der Waals surface area contributed by atoms with Crippen LogP contribution >= 0.6 is 11.8 Å². The number of nitrogens with zero attached hydrogens (tertiary/aromatic N) is 1. The summed E-state index contributed by atoms with van der Waals surface area (Å²) >= 11 is 2.00. The first kappa shape index (κ1) is 10.1. The van der Waals surface area contributed by atoms with Crippen molar-refractivity contribution in [1.29, 1.82) is 0 Å². The molecule has 0 saturated carbocycles. The predicted molar refractivity (Wildman–Crippen MR) is 53.7 cm³/mol.